The van der Waals surface area contributed by atoms with Crippen molar-refractivity contribution in [3.05, 3.63) is 0 Å². The molecule has 2 unspecified atom stereocenters. The molecule has 5 nitrogen and oxygen atoms in total. The number of rotatable bonds is 0. The van der Waals surface area contributed by atoms with Crippen LogP contribution >= 0.6 is 0 Å². The first-order valence-electron chi connectivity index (χ1n) is 6.96. The Hall–Kier alpha value is -1.10. The highest BCUT2D eigenvalue weighted by atomic mass is 16.6. The fourth-order valence-electron chi connectivity index (χ4n) is 2.99. The number of nitrogens with zero attached hydrogens (tertiary/aromatic N) is 1. The second-order valence-corrected chi connectivity index (χ2v) is 6.77. The summed E-state index contributed by atoms with van der Waals surface area (Å²) in [6.07, 6.45) is 0.251. The Bertz CT molecular complexity index is 389. The minimum absolute atomic E-state index is 0.181. The summed E-state index contributed by atoms with van der Waals surface area (Å²) in [4.78, 5) is 26.1. The van der Waals surface area contributed by atoms with Gasteiger partial charge in [0.2, 0.25) is 0 Å². The molecule has 2 atom stereocenters. The molecule has 2 saturated heterocycles. The van der Waals surface area contributed by atoms with Crippen LogP contribution in [0.1, 0.15) is 34.1 Å². The standard InChI is InChI=1S/C14H24N2O3/c1-10-7-16(12(18)19-13(2,3)4)9-14(10)8-15-6-5-11(14)17/h10,15H,5-9H2,1-4H3. The highest BCUT2D eigenvalue weighted by Crippen LogP contribution is 2.39. The van der Waals surface area contributed by atoms with Gasteiger partial charge in [-0.2, -0.15) is 0 Å². The summed E-state index contributed by atoms with van der Waals surface area (Å²) in [6, 6.07) is 0. The smallest absolute Gasteiger partial charge is 0.410 e. The highest BCUT2D eigenvalue weighted by molar-refractivity contribution is 5.88. The summed E-state index contributed by atoms with van der Waals surface area (Å²) in [5.74, 6) is 0.463. The van der Waals surface area contributed by atoms with E-state index in [1.54, 1.807) is 4.90 Å². The van der Waals surface area contributed by atoms with Crippen LogP contribution in [0.5, 0.6) is 0 Å². The first-order chi connectivity index (χ1) is 8.74. The van der Waals surface area contributed by atoms with Gasteiger partial charge in [0.1, 0.15) is 11.4 Å². The van der Waals surface area contributed by atoms with Gasteiger partial charge >= 0.3 is 6.09 Å². The van der Waals surface area contributed by atoms with E-state index in [2.05, 4.69) is 12.2 Å². The lowest BCUT2D eigenvalue weighted by molar-refractivity contribution is -0.131. The fourth-order valence-corrected chi connectivity index (χ4v) is 2.99. The molecule has 2 rings (SSSR count). The maximum absolute atomic E-state index is 12.3. The number of nitrogens with one attached hydrogen (secondary N) is 1. The molecule has 5 heteroatoms. The first kappa shape index (κ1) is 14.3. The van der Waals surface area contributed by atoms with Gasteiger partial charge in [-0.05, 0) is 26.7 Å². The number of ketones is 1. The van der Waals surface area contributed by atoms with Crippen LogP contribution in [0.4, 0.5) is 4.79 Å². The summed E-state index contributed by atoms with van der Waals surface area (Å²) in [5, 5.41) is 3.29. The average Bonchev–Trinajstić information content (AvgIpc) is 2.60. The van der Waals surface area contributed by atoms with E-state index in [0.29, 0.717) is 26.1 Å². The minimum atomic E-state index is -0.495. The third-order valence-electron chi connectivity index (χ3n) is 4.09. The summed E-state index contributed by atoms with van der Waals surface area (Å²) in [6.45, 7) is 10.1. The SMILES string of the molecule is CC1CN(C(=O)OC(C)(C)C)CC12CNCCC2=O. The Morgan fingerprint density at radius 1 is 1.47 bits per heavy atom. The number of carbonyl (C=O) groups is 2. The van der Waals surface area contributed by atoms with E-state index in [9.17, 15) is 9.59 Å². The van der Waals surface area contributed by atoms with Gasteiger partial charge < -0.3 is 15.0 Å². The Kier molecular flexibility index (Phi) is 3.60. The Morgan fingerprint density at radius 2 is 2.16 bits per heavy atom. The maximum Gasteiger partial charge on any atom is 0.410 e. The Balaban J connectivity index is 2.08. The number of amides is 1. The van der Waals surface area contributed by atoms with Crippen molar-refractivity contribution in [3.8, 4) is 0 Å². The summed E-state index contributed by atoms with van der Waals surface area (Å²) >= 11 is 0. The van der Waals surface area contributed by atoms with Crippen molar-refractivity contribution < 1.29 is 14.3 Å². The van der Waals surface area contributed by atoms with Crippen molar-refractivity contribution >= 4 is 11.9 Å². The van der Waals surface area contributed by atoms with Crippen molar-refractivity contribution in [1.29, 1.82) is 0 Å². The molecule has 2 aliphatic rings. The number of hydrogen-bond acceptors (Lipinski definition) is 4. The molecule has 19 heavy (non-hydrogen) atoms. The van der Waals surface area contributed by atoms with Gasteiger partial charge in [-0.3, -0.25) is 4.79 Å². The summed E-state index contributed by atoms with van der Waals surface area (Å²) < 4.78 is 5.39. The van der Waals surface area contributed by atoms with Gasteiger partial charge in [-0.15, -0.1) is 0 Å². The molecular formula is C14H24N2O3. The van der Waals surface area contributed by atoms with Crippen molar-refractivity contribution in [2.45, 2.75) is 39.7 Å². The number of Topliss-reactive ketones (excluding diaryl/α,β-unsaturated/α-hetero) is 1. The molecule has 0 bridgehead atoms. The van der Waals surface area contributed by atoms with Gasteiger partial charge in [-0.1, -0.05) is 6.92 Å². The monoisotopic (exact) mass is 268 g/mol. The predicted molar refractivity (Wildman–Crippen MR) is 71.9 cm³/mol. The zero-order valence-corrected chi connectivity index (χ0v) is 12.3. The molecule has 0 aromatic rings. The Morgan fingerprint density at radius 3 is 2.74 bits per heavy atom. The molecule has 0 aromatic heterocycles. The highest BCUT2D eigenvalue weighted by Gasteiger charge is 2.52. The molecule has 0 radical (unpaired) electrons. The van der Waals surface area contributed by atoms with E-state index >= 15 is 0 Å². The van der Waals surface area contributed by atoms with Crippen LogP contribution in [-0.2, 0) is 9.53 Å². The minimum Gasteiger partial charge on any atom is -0.444 e. The van der Waals surface area contributed by atoms with Crippen LogP contribution in [-0.4, -0.2) is 48.6 Å². The van der Waals surface area contributed by atoms with Crippen LogP contribution in [0.15, 0.2) is 0 Å². The molecule has 2 fully saturated rings. The van der Waals surface area contributed by atoms with E-state index in [1.807, 2.05) is 20.8 Å². The topological polar surface area (TPSA) is 58.6 Å². The molecule has 2 aliphatic heterocycles. The molecule has 0 saturated carbocycles. The third-order valence-corrected chi connectivity index (χ3v) is 4.09. The zero-order valence-electron chi connectivity index (χ0n) is 12.3. The van der Waals surface area contributed by atoms with Gasteiger partial charge in [0.05, 0.1) is 5.41 Å². The van der Waals surface area contributed by atoms with E-state index in [-0.39, 0.29) is 17.8 Å². The molecule has 108 valence electrons. The number of piperidine rings is 1. The molecule has 1 spiro atoms. The summed E-state index contributed by atoms with van der Waals surface area (Å²) in [5.41, 5.74) is -0.903. The predicted octanol–water partition coefficient (Wildman–Crippen LogP) is 1.42. The van der Waals surface area contributed by atoms with Crippen molar-refractivity contribution in [3.63, 3.8) is 0 Å². The number of carbonyl (C=O) groups excluding carboxylic acids is 2. The van der Waals surface area contributed by atoms with Gasteiger partial charge in [-0.25, -0.2) is 4.79 Å². The molecule has 1 N–H and O–H groups in total. The lowest BCUT2D eigenvalue weighted by Gasteiger charge is -2.35. The molecule has 1 amide bonds. The lowest BCUT2D eigenvalue weighted by atomic mass is 9.72. The van der Waals surface area contributed by atoms with Crippen LogP contribution < -0.4 is 5.32 Å². The number of hydrogen-bond donors (Lipinski definition) is 1. The number of ether oxygens (including phenoxy) is 1. The van der Waals surface area contributed by atoms with E-state index in [0.717, 1.165) is 6.54 Å². The van der Waals surface area contributed by atoms with E-state index in [1.165, 1.54) is 0 Å². The van der Waals surface area contributed by atoms with Crippen molar-refractivity contribution in [2.24, 2.45) is 11.3 Å². The van der Waals surface area contributed by atoms with Gasteiger partial charge in [0.25, 0.3) is 0 Å². The maximum atomic E-state index is 12.3. The summed E-state index contributed by atoms with van der Waals surface area (Å²) in [7, 11) is 0. The second-order valence-electron chi connectivity index (χ2n) is 6.77. The lowest BCUT2D eigenvalue weighted by Crippen LogP contribution is -2.51. The van der Waals surface area contributed by atoms with Crippen LogP contribution in [0.2, 0.25) is 0 Å². The van der Waals surface area contributed by atoms with Crippen LogP contribution in [0.3, 0.4) is 0 Å². The number of likely N-dealkylation sites (tertiary alicyclic amines) is 1. The largest absolute Gasteiger partial charge is 0.444 e. The molecular weight excluding hydrogens is 244 g/mol. The van der Waals surface area contributed by atoms with Crippen LogP contribution in [0, 0.1) is 11.3 Å². The van der Waals surface area contributed by atoms with Gasteiger partial charge in [0.15, 0.2) is 0 Å². The van der Waals surface area contributed by atoms with Crippen molar-refractivity contribution in [1.82, 2.24) is 10.2 Å². The average molecular weight is 268 g/mol. The molecule has 0 aromatic carbocycles. The molecule has 2 heterocycles. The Labute approximate surface area is 114 Å². The van der Waals surface area contributed by atoms with Crippen LogP contribution in [0.25, 0.3) is 0 Å². The van der Waals surface area contributed by atoms with E-state index in [4.69, 9.17) is 4.74 Å². The second kappa shape index (κ2) is 4.78. The third kappa shape index (κ3) is 2.76. The zero-order chi connectivity index (χ0) is 14.3. The molecule has 0 aliphatic carbocycles. The quantitative estimate of drug-likeness (QED) is 0.722. The van der Waals surface area contributed by atoms with Gasteiger partial charge in [0, 0.05) is 32.6 Å². The fraction of sp³-hybridized carbons (Fsp3) is 0.857. The van der Waals surface area contributed by atoms with Crippen molar-refractivity contribution in [2.75, 3.05) is 26.2 Å². The normalized spacial score (nSPS) is 31.9. The first-order valence-corrected chi connectivity index (χ1v) is 6.96. The van der Waals surface area contributed by atoms with E-state index < -0.39 is 11.0 Å².